The van der Waals surface area contributed by atoms with Gasteiger partial charge >= 0.3 is 0 Å². The molecule has 1 aliphatic heterocycles. The lowest BCUT2D eigenvalue weighted by Gasteiger charge is -2.34. The van der Waals surface area contributed by atoms with Crippen LogP contribution in [0.15, 0.2) is 48.8 Å². The first-order chi connectivity index (χ1) is 12.3. The van der Waals surface area contributed by atoms with Crippen LogP contribution in [0.4, 0.5) is 5.95 Å². The lowest BCUT2D eigenvalue weighted by molar-refractivity contribution is 0.393. The van der Waals surface area contributed by atoms with Crippen LogP contribution in [-0.2, 0) is 0 Å². The van der Waals surface area contributed by atoms with Gasteiger partial charge in [-0.3, -0.25) is 0 Å². The zero-order valence-corrected chi connectivity index (χ0v) is 14.2. The average Bonchev–Trinajstić information content (AvgIpc) is 3.19. The Kier molecular flexibility index (Phi) is 4.33. The SMILES string of the molecule is COc1ccnc(N2CCCCC2c2ncc(-c3ccccc3)[nH]2)n1. The van der Waals surface area contributed by atoms with E-state index in [1.165, 1.54) is 6.42 Å². The van der Waals surface area contributed by atoms with Crippen molar-refractivity contribution in [3.8, 4) is 17.1 Å². The standard InChI is InChI=1S/C19H21N5O/c1-25-17-10-11-20-19(23-17)24-12-6-5-9-16(24)18-21-13-15(22-18)14-7-3-2-4-8-14/h2-4,7-8,10-11,13,16H,5-6,9,12H2,1H3,(H,21,22). The predicted octanol–water partition coefficient (Wildman–Crippen LogP) is 3.61. The highest BCUT2D eigenvalue weighted by atomic mass is 16.5. The maximum Gasteiger partial charge on any atom is 0.229 e. The van der Waals surface area contributed by atoms with Crippen molar-refractivity contribution in [3.63, 3.8) is 0 Å². The molecule has 0 aliphatic carbocycles. The van der Waals surface area contributed by atoms with Gasteiger partial charge < -0.3 is 14.6 Å². The quantitative estimate of drug-likeness (QED) is 0.789. The summed E-state index contributed by atoms with van der Waals surface area (Å²) in [5.74, 6) is 2.24. The molecule has 3 heterocycles. The number of benzene rings is 1. The van der Waals surface area contributed by atoms with Gasteiger partial charge in [0, 0.05) is 18.8 Å². The second-order valence-corrected chi connectivity index (χ2v) is 6.15. The van der Waals surface area contributed by atoms with Crippen molar-refractivity contribution < 1.29 is 4.74 Å². The first-order valence-electron chi connectivity index (χ1n) is 8.59. The summed E-state index contributed by atoms with van der Waals surface area (Å²) < 4.78 is 5.25. The Labute approximate surface area is 146 Å². The maximum absolute atomic E-state index is 5.25. The van der Waals surface area contributed by atoms with Gasteiger partial charge in [0.15, 0.2) is 0 Å². The lowest BCUT2D eigenvalue weighted by atomic mass is 10.0. The smallest absolute Gasteiger partial charge is 0.229 e. The molecule has 3 aromatic rings. The average molecular weight is 335 g/mol. The molecule has 0 spiro atoms. The summed E-state index contributed by atoms with van der Waals surface area (Å²) in [6.07, 6.45) is 6.98. The summed E-state index contributed by atoms with van der Waals surface area (Å²) in [6.45, 7) is 0.916. The molecule has 0 radical (unpaired) electrons. The third kappa shape index (κ3) is 3.20. The Morgan fingerprint density at radius 2 is 2.00 bits per heavy atom. The summed E-state index contributed by atoms with van der Waals surface area (Å²) in [7, 11) is 1.62. The van der Waals surface area contributed by atoms with Crippen molar-refractivity contribution in [1.82, 2.24) is 19.9 Å². The largest absolute Gasteiger partial charge is 0.481 e. The molecule has 0 saturated carbocycles. The molecule has 0 bridgehead atoms. The minimum atomic E-state index is 0.151. The highest BCUT2D eigenvalue weighted by Gasteiger charge is 2.28. The fourth-order valence-electron chi connectivity index (χ4n) is 3.31. The van der Waals surface area contributed by atoms with Crippen LogP contribution in [0.2, 0.25) is 0 Å². The van der Waals surface area contributed by atoms with Crippen LogP contribution in [0.5, 0.6) is 5.88 Å². The Balaban J connectivity index is 1.64. The van der Waals surface area contributed by atoms with E-state index in [0.717, 1.165) is 36.5 Å². The Morgan fingerprint density at radius 1 is 1.12 bits per heavy atom. The fourth-order valence-corrected chi connectivity index (χ4v) is 3.31. The molecule has 1 fully saturated rings. The van der Waals surface area contributed by atoms with E-state index < -0.39 is 0 Å². The molecular formula is C19H21N5O. The molecule has 1 saturated heterocycles. The third-order valence-electron chi connectivity index (χ3n) is 4.58. The second kappa shape index (κ2) is 6.93. The topological polar surface area (TPSA) is 66.9 Å². The fraction of sp³-hybridized carbons (Fsp3) is 0.316. The Hall–Kier alpha value is -2.89. The number of rotatable bonds is 4. The van der Waals surface area contributed by atoms with Gasteiger partial charge in [0.2, 0.25) is 11.8 Å². The highest BCUT2D eigenvalue weighted by Crippen LogP contribution is 2.33. The third-order valence-corrected chi connectivity index (χ3v) is 4.58. The van der Waals surface area contributed by atoms with Crippen LogP contribution >= 0.6 is 0 Å². The number of methoxy groups -OCH3 is 1. The molecule has 6 nitrogen and oxygen atoms in total. The zero-order valence-electron chi connectivity index (χ0n) is 14.2. The van der Waals surface area contributed by atoms with Crippen molar-refractivity contribution >= 4 is 5.95 Å². The van der Waals surface area contributed by atoms with E-state index in [1.54, 1.807) is 19.4 Å². The number of anilines is 1. The first-order valence-corrected chi connectivity index (χ1v) is 8.59. The molecule has 128 valence electrons. The summed E-state index contributed by atoms with van der Waals surface area (Å²) in [4.78, 5) is 19.3. The van der Waals surface area contributed by atoms with E-state index in [2.05, 4.69) is 37.0 Å². The molecule has 1 aliphatic rings. The van der Waals surface area contributed by atoms with Crippen LogP contribution < -0.4 is 9.64 Å². The summed E-state index contributed by atoms with van der Waals surface area (Å²) in [6, 6.07) is 12.2. The monoisotopic (exact) mass is 335 g/mol. The number of piperidine rings is 1. The molecule has 1 aromatic carbocycles. The summed E-state index contributed by atoms with van der Waals surface area (Å²) in [5, 5.41) is 0. The molecule has 0 amide bonds. The van der Waals surface area contributed by atoms with Gasteiger partial charge in [-0.1, -0.05) is 30.3 Å². The molecule has 1 unspecified atom stereocenters. The van der Waals surface area contributed by atoms with E-state index in [0.29, 0.717) is 11.8 Å². The van der Waals surface area contributed by atoms with Gasteiger partial charge in [-0.25, -0.2) is 9.97 Å². The Morgan fingerprint density at radius 3 is 2.84 bits per heavy atom. The van der Waals surface area contributed by atoms with Crippen molar-refractivity contribution in [2.75, 3.05) is 18.6 Å². The van der Waals surface area contributed by atoms with Crippen LogP contribution in [-0.4, -0.2) is 33.6 Å². The van der Waals surface area contributed by atoms with E-state index in [4.69, 9.17) is 4.74 Å². The number of hydrogen-bond donors (Lipinski definition) is 1. The number of ether oxygens (including phenoxy) is 1. The molecule has 1 atom stereocenters. The molecule has 2 aromatic heterocycles. The van der Waals surface area contributed by atoms with Crippen molar-refractivity contribution in [3.05, 3.63) is 54.6 Å². The molecule has 4 rings (SSSR count). The highest BCUT2D eigenvalue weighted by molar-refractivity contribution is 5.58. The minimum Gasteiger partial charge on any atom is -0.481 e. The maximum atomic E-state index is 5.25. The van der Waals surface area contributed by atoms with Crippen molar-refractivity contribution in [2.24, 2.45) is 0 Å². The predicted molar refractivity (Wildman–Crippen MR) is 96.5 cm³/mol. The number of nitrogens with zero attached hydrogens (tertiary/aromatic N) is 4. The lowest BCUT2D eigenvalue weighted by Crippen LogP contribution is -2.35. The van der Waals surface area contributed by atoms with E-state index >= 15 is 0 Å². The van der Waals surface area contributed by atoms with E-state index in [-0.39, 0.29) is 6.04 Å². The van der Waals surface area contributed by atoms with Gasteiger partial charge in [-0.05, 0) is 24.8 Å². The molecule has 25 heavy (non-hydrogen) atoms. The zero-order chi connectivity index (χ0) is 17.1. The molecule has 6 heteroatoms. The van der Waals surface area contributed by atoms with Crippen LogP contribution in [0.3, 0.4) is 0 Å². The van der Waals surface area contributed by atoms with Gasteiger partial charge in [0.1, 0.15) is 5.82 Å². The molecular weight excluding hydrogens is 314 g/mol. The number of nitrogens with one attached hydrogen (secondary N) is 1. The number of aromatic nitrogens is 4. The van der Waals surface area contributed by atoms with Gasteiger partial charge in [0.05, 0.1) is 25.0 Å². The normalized spacial score (nSPS) is 17.5. The first kappa shape index (κ1) is 15.6. The summed E-state index contributed by atoms with van der Waals surface area (Å²) >= 11 is 0. The van der Waals surface area contributed by atoms with Crippen molar-refractivity contribution in [2.45, 2.75) is 25.3 Å². The van der Waals surface area contributed by atoms with Crippen LogP contribution in [0, 0.1) is 0 Å². The number of aromatic amines is 1. The number of hydrogen-bond acceptors (Lipinski definition) is 5. The van der Waals surface area contributed by atoms with Crippen LogP contribution in [0.25, 0.3) is 11.3 Å². The second-order valence-electron chi connectivity index (χ2n) is 6.15. The number of H-pyrrole nitrogens is 1. The summed E-state index contributed by atoms with van der Waals surface area (Å²) in [5.41, 5.74) is 2.17. The number of imidazole rings is 1. The Bertz CT molecular complexity index is 833. The van der Waals surface area contributed by atoms with E-state index in [9.17, 15) is 0 Å². The van der Waals surface area contributed by atoms with Gasteiger partial charge in [-0.15, -0.1) is 0 Å². The van der Waals surface area contributed by atoms with Crippen molar-refractivity contribution in [1.29, 1.82) is 0 Å². The van der Waals surface area contributed by atoms with Gasteiger partial charge in [-0.2, -0.15) is 4.98 Å². The van der Waals surface area contributed by atoms with Gasteiger partial charge in [0.25, 0.3) is 0 Å². The van der Waals surface area contributed by atoms with Crippen LogP contribution in [0.1, 0.15) is 31.1 Å². The molecule has 1 N–H and O–H groups in total. The van der Waals surface area contributed by atoms with E-state index in [1.807, 2.05) is 24.4 Å². The minimum absolute atomic E-state index is 0.151.